The Balaban J connectivity index is 1.52. The monoisotopic (exact) mass is 350 g/mol. The number of carbonyl (C=O) groups excluding carboxylic acids is 2. The van der Waals surface area contributed by atoms with Crippen molar-refractivity contribution in [2.24, 2.45) is 5.92 Å². The topological polar surface area (TPSA) is 49.4 Å². The van der Waals surface area contributed by atoms with E-state index in [4.69, 9.17) is 0 Å². The summed E-state index contributed by atoms with van der Waals surface area (Å²) in [6.07, 6.45) is 1.87. The van der Waals surface area contributed by atoms with Crippen molar-refractivity contribution in [3.05, 3.63) is 65.2 Å². The van der Waals surface area contributed by atoms with Gasteiger partial charge < -0.3 is 10.2 Å². The summed E-state index contributed by atoms with van der Waals surface area (Å²) in [6.45, 7) is 5.37. The van der Waals surface area contributed by atoms with E-state index < -0.39 is 0 Å². The predicted molar refractivity (Wildman–Crippen MR) is 104 cm³/mol. The highest BCUT2D eigenvalue weighted by molar-refractivity contribution is 5.93. The molecule has 3 rings (SSSR count). The first-order valence-electron chi connectivity index (χ1n) is 9.23. The molecule has 1 aliphatic rings. The summed E-state index contributed by atoms with van der Waals surface area (Å²) in [4.78, 5) is 26.9. The van der Waals surface area contributed by atoms with Gasteiger partial charge in [-0.3, -0.25) is 9.59 Å². The van der Waals surface area contributed by atoms with Gasteiger partial charge in [-0.15, -0.1) is 0 Å². The smallest absolute Gasteiger partial charge is 0.227 e. The van der Waals surface area contributed by atoms with Gasteiger partial charge in [-0.05, 0) is 49.4 Å². The summed E-state index contributed by atoms with van der Waals surface area (Å²) in [6, 6.07) is 15.8. The van der Waals surface area contributed by atoms with Crippen molar-refractivity contribution in [2.45, 2.75) is 33.1 Å². The van der Waals surface area contributed by atoms with Crippen molar-refractivity contribution in [3.63, 3.8) is 0 Å². The molecule has 2 amide bonds. The van der Waals surface area contributed by atoms with Crippen molar-refractivity contribution in [1.29, 1.82) is 0 Å². The fourth-order valence-electron chi connectivity index (χ4n) is 3.39. The van der Waals surface area contributed by atoms with Crippen LogP contribution in [0, 0.1) is 19.8 Å². The Morgan fingerprint density at radius 3 is 2.38 bits per heavy atom. The number of amides is 2. The summed E-state index contributed by atoms with van der Waals surface area (Å²) < 4.78 is 0. The van der Waals surface area contributed by atoms with Crippen molar-refractivity contribution in [2.75, 3.05) is 18.4 Å². The second-order valence-corrected chi connectivity index (χ2v) is 7.05. The standard InChI is InChI=1S/C22H26N2O2/c1-16-7-6-10-20(17(16)2)23-22(26)19-11-13-24(14-12-19)21(25)15-18-8-4-3-5-9-18/h3-10,19H,11-15H2,1-2H3,(H,23,26). The third-order valence-corrected chi connectivity index (χ3v) is 5.28. The van der Waals surface area contributed by atoms with Gasteiger partial charge in [-0.25, -0.2) is 0 Å². The number of aryl methyl sites for hydroxylation is 1. The Bertz CT molecular complexity index is 778. The summed E-state index contributed by atoms with van der Waals surface area (Å²) in [7, 11) is 0. The first-order valence-corrected chi connectivity index (χ1v) is 9.23. The molecular formula is C22H26N2O2. The molecule has 0 atom stereocenters. The lowest BCUT2D eigenvalue weighted by molar-refractivity contribution is -0.133. The second kappa shape index (κ2) is 8.17. The van der Waals surface area contributed by atoms with Crippen molar-refractivity contribution in [3.8, 4) is 0 Å². The maximum Gasteiger partial charge on any atom is 0.227 e. The van der Waals surface area contributed by atoms with Crippen LogP contribution >= 0.6 is 0 Å². The van der Waals surface area contributed by atoms with E-state index >= 15 is 0 Å². The highest BCUT2D eigenvalue weighted by atomic mass is 16.2. The molecular weight excluding hydrogens is 324 g/mol. The van der Waals surface area contributed by atoms with Crippen LogP contribution in [0.25, 0.3) is 0 Å². The van der Waals surface area contributed by atoms with Gasteiger partial charge in [-0.2, -0.15) is 0 Å². The number of benzene rings is 2. The Morgan fingerprint density at radius 2 is 1.69 bits per heavy atom. The lowest BCUT2D eigenvalue weighted by atomic mass is 9.95. The van der Waals surface area contributed by atoms with Crippen LogP contribution in [0.3, 0.4) is 0 Å². The van der Waals surface area contributed by atoms with Gasteiger partial charge in [0.15, 0.2) is 0 Å². The minimum absolute atomic E-state index is 0.0318. The molecule has 0 spiro atoms. The van der Waals surface area contributed by atoms with E-state index in [0.29, 0.717) is 19.5 Å². The van der Waals surface area contributed by atoms with Crippen LogP contribution in [0.15, 0.2) is 48.5 Å². The minimum Gasteiger partial charge on any atom is -0.342 e. The van der Waals surface area contributed by atoms with Gasteiger partial charge in [0.05, 0.1) is 6.42 Å². The van der Waals surface area contributed by atoms with E-state index in [2.05, 4.69) is 5.32 Å². The van der Waals surface area contributed by atoms with Crippen LogP contribution in [0.5, 0.6) is 0 Å². The first-order chi connectivity index (χ1) is 12.5. The van der Waals surface area contributed by atoms with Crippen LogP contribution in [-0.4, -0.2) is 29.8 Å². The molecule has 0 radical (unpaired) electrons. The summed E-state index contributed by atoms with van der Waals surface area (Å²) in [5, 5.41) is 3.06. The molecule has 1 saturated heterocycles. The molecule has 4 nitrogen and oxygen atoms in total. The van der Waals surface area contributed by atoms with E-state index in [1.54, 1.807) is 0 Å². The van der Waals surface area contributed by atoms with E-state index in [-0.39, 0.29) is 17.7 Å². The van der Waals surface area contributed by atoms with E-state index in [1.807, 2.05) is 67.3 Å². The maximum atomic E-state index is 12.6. The zero-order valence-corrected chi connectivity index (χ0v) is 15.5. The molecule has 0 unspecified atom stereocenters. The number of anilines is 1. The van der Waals surface area contributed by atoms with Gasteiger partial charge in [0.25, 0.3) is 0 Å². The lowest BCUT2D eigenvalue weighted by Crippen LogP contribution is -2.42. The van der Waals surface area contributed by atoms with Gasteiger partial charge >= 0.3 is 0 Å². The highest BCUT2D eigenvalue weighted by Gasteiger charge is 2.27. The molecule has 2 aromatic carbocycles. The van der Waals surface area contributed by atoms with E-state index in [0.717, 1.165) is 29.7 Å². The number of nitrogens with zero attached hydrogens (tertiary/aromatic N) is 1. The molecule has 0 aliphatic carbocycles. The number of hydrogen-bond donors (Lipinski definition) is 1. The predicted octanol–water partition coefficient (Wildman–Crippen LogP) is 3.72. The number of piperidine rings is 1. The maximum absolute atomic E-state index is 12.6. The summed E-state index contributed by atoms with van der Waals surface area (Å²) in [5.74, 6) is 0.175. The molecule has 1 N–H and O–H groups in total. The van der Waals surface area contributed by atoms with Crippen LogP contribution in [0.4, 0.5) is 5.69 Å². The molecule has 1 aliphatic heterocycles. The SMILES string of the molecule is Cc1cccc(NC(=O)C2CCN(C(=O)Cc3ccccc3)CC2)c1C. The number of hydrogen-bond acceptors (Lipinski definition) is 2. The van der Waals surface area contributed by atoms with Crippen LogP contribution in [0.2, 0.25) is 0 Å². The molecule has 0 saturated carbocycles. The Morgan fingerprint density at radius 1 is 1.00 bits per heavy atom. The molecule has 0 bridgehead atoms. The zero-order chi connectivity index (χ0) is 18.5. The summed E-state index contributed by atoms with van der Waals surface area (Å²) >= 11 is 0. The minimum atomic E-state index is -0.0318. The third-order valence-electron chi connectivity index (χ3n) is 5.28. The Hall–Kier alpha value is -2.62. The van der Waals surface area contributed by atoms with Crippen LogP contribution < -0.4 is 5.32 Å². The molecule has 4 heteroatoms. The highest BCUT2D eigenvalue weighted by Crippen LogP contribution is 2.23. The second-order valence-electron chi connectivity index (χ2n) is 7.05. The van der Waals surface area contributed by atoms with Gasteiger partial charge in [0.1, 0.15) is 0 Å². The molecule has 1 heterocycles. The van der Waals surface area contributed by atoms with Gasteiger partial charge in [-0.1, -0.05) is 42.5 Å². The number of carbonyl (C=O) groups is 2. The molecule has 2 aromatic rings. The van der Waals surface area contributed by atoms with Crippen molar-refractivity contribution < 1.29 is 9.59 Å². The fraction of sp³-hybridized carbons (Fsp3) is 0.364. The number of likely N-dealkylation sites (tertiary alicyclic amines) is 1. The van der Waals surface area contributed by atoms with E-state index in [9.17, 15) is 9.59 Å². The van der Waals surface area contributed by atoms with Crippen LogP contribution in [-0.2, 0) is 16.0 Å². The molecule has 0 aromatic heterocycles. The normalized spacial score (nSPS) is 14.9. The largest absolute Gasteiger partial charge is 0.342 e. The van der Waals surface area contributed by atoms with Crippen LogP contribution in [0.1, 0.15) is 29.5 Å². The number of rotatable bonds is 4. The van der Waals surface area contributed by atoms with Gasteiger partial charge in [0, 0.05) is 24.7 Å². The Labute approximate surface area is 155 Å². The summed E-state index contributed by atoms with van der Waals surface area (Å²) in [5.41, 5.74) is 4.20. The molecule has 1 fully saturated rings. The Kier molecular flexibility index (Phi) is 5.71. The molecule has 136 valence electrons. The first kappa shape index (κ1) is 18.2. The van der Waals surface area contributed by atoms with Gasteiger partial charge in [0.2, 0.25) is 11.8 Å². The fourth-order valence-corrected chi connectivity index (χ4v) is 3.39. The molecule has 26 heavy (non-hydrogen) atoms. The van der Waals surface area contributed by atoms with Crippen molar-refractivity contribution in [1.82, 2.24) is 4.90 Å². The third kappa shape index (κ3) is 4.31. The average molecular weight is 350 g/mol. The lowest BCUT2D eigenvalue weighted by Gasteiger charge is -2.31. The quantitative estimate of drug-likeness (QED) is 0.913. The number of nitrogens with one attached hydrogen (secondary N) is 1. The van der Waals surface area contributed by atoms with E-state index in [1.165, 1.54) is 5.56 Å². The zero-order valence-electron chi connectivity index (χ0n) is 15.5. The average Bonchev–Trinajstić information content (AvgIpc) is 2.66. The van der Waals surface area contributed by atoms with Crippen molar-refractivity contribution >= 4 is 17.5 Å².